The topological polar surface area (TPSA) is 77.8 Å². The largest absolute Gasteiger partial charge is 0.478 e. The molecule has 6 heteroatoms. The third-order valence-corrected chi connectivity index (χ3v) is 2.96. The van der Waals surface area contributed by atoms with Gasteiger partial charge in [0.1, 0.15) is 5.82 Å². The Morgan fingerprint density at radius 3 is 2.78 bits per heavy atom. The lowest BCUT2D eigenvalue weighted by atomic mass is 10.1. The van der Waals surface area contributed by atoms with Crippen molar-refractivity contribution >= 4 is 17.6 Å². The molecule has 0 radical (unpaired) electrons. The van der Waals surface area contributed by atoms with Crippen LogP contribution in [-0.4, -0.2) is 35.2 Å². The first kappa shape index (κ1) is 12.5. The van der Waals surface area contributed by atoms with Crippen LogP contribution in [0.15, 0.2) is 18.2 Å². The van der Waals surface area contributed by atoms with Gasteiger partial charge in [-0.1, -0.05) is 0 Å². The highest BCUT2D eigenvalue weighted by molar-refractivity contribution is 5.97. The number of halogens is 1. The van der Waals surface area contributed by atoms with Crippen molar-refractivity contribution in [3.05, 3.63) is 29.6 Å². The quantitative estimate of drug-likeness (QED) is 0.837. The van der Waals surface area contributed by atoms with Crippen LogP contribution < -0.4 is 4.90 Å². The summed E-state index contributed by atoms with van der Waals surface area (Å²) in [6.45, 7) is 0.218. The molecule has 1 atom stereocenters. The molecule has 18 heavy (non-hydrogen) atoms. The lowest BCUT2D eigenvalue weighted by Gasteiger charge is -2.17. The van der Waals surface area contributed by atoms with Crippen LogP contribution in [0.4, 0.5) is 10.1 Å². The lowest BCUT2D eigenvalue weighted by molar-refractivity contribution is -0.117. The predicted molar refractivity (Wildman–Crippen MR) is 60.9 cm³/mol. The summed E-state index contributed by atoms with van der Waals surface area (Å²) in [4.78, 5) is 23.9. The second kappa shape index (κ2) is 4.73. The van der Waals surface area contributed by atoms with Crippen molar-refractivity contribution < 1.29 is 24.2 Å². The summed E-state index contributed by atoms with van der Waals surface area (Å²) < 4.78 is 13.2. The minimum absolute atomic E-state index is 0.102. The molecule has 0 bridgehead atoms. The van der Waals surface area contributed by atoms with Crippen molar-refractivity contribution in [2.24, 2.45) is 5.92 Å². The van der Waals surface area contributed by atoms with Gasteiger partial charge in [0.2, 0.25) is 5.91 Å². The summed E-state index contributed by atoms with van der Waals surface area (Å²) in [6.07, 6.45) is 0.219. The monoisotopic (exact) mass is 253 g/mol. The number of aromatic carboxylic acids is 1. The maximum absolute atomic E-state index is 13.2. The number of benzene rings is 1. The Kier molecular flexibility index (Phi) is 3.29. The molecule has 96 valence electrons. The molecule has 1 aromatic rings. The summed E-state index contributed by atoms with van der Waals surface area (Å²) in [6, 6.07) is 3.52. The molecule has 1 fully saturated rings. The Morgan fingerprint density at radius 2 is 2.22 bits per heavy atom. The number of anilines is 1. The maximum atomic E-state index is 13.2. The van der Waals surface area contributed by atoms with E-state index in [1.807, 2.05) is 0 Å². The SMILES string of the molecule is O=C(O)c1cc(N2CC(CO)CC2=O)ccc1F. The molecule has 1 unspecified atom stereocenters. The van der Waals surface area contributed by atoms with Crippen molar-refractivity contribution in [1.82, 2.24) is 0 Å². The zero-order valence-electron chi connectivity index (χ0n) is 9.47. The Bertz CT molecular complexity index is 503. The second-order valence-corrected chi connectivity index (χ2v) is 4.23. The summed E-state index contributed by atoms with van der Waals surface area (Å²) in [5, 5.41) is 17.8. The first-order chi connectivity index (χ1) is 8.52. The highest BCUT2D eigenvalue weighted by atomic mass is 19.1. The molecule has 0 saturated carbocycles. The minimum Gasteiger partial charge on any atom is -0.478 e. The van der Waals surface area contributed by atoms with Gasteiger partial charge in [0.15, 0.2) is 0 Å². The molecule has 0 aliphatic carbocycles. The number of aliphatic hydroxyl groups is 1. The van der Waals surface area contributed by atoms with Gasteiger partial charge >= 0.3 is 5.97 Å². The molecule has 2 N–H and O–H groups in total. The number of rotatable bonds is 3. The smallest absolute Gasteiger partial charge is 0.338 e. The number of carboxylic acid groups (broad SMARTS) is 1. The number of nitrogens with zero attached hydrogens (tertiary/aromatic N) is 1. The number of hydrogen-bond acceptors (Lipinski definition) is 3. The first-order valence-corrected chi connectivity index (χ1v) is 5.47. The van der Waals surface area contributed by atoms with Gasteiger partial charge < -0.3 is 15.1 Å². The number of carbonyl (C=O) groups is 2. The first-order valence-electron chi connectivity index (χ1n) is 5.47. The summed E-state index contributed by atoms with van der Waals surface area (Å²) >= 11 is 0. The molecule has 1 aromatic carbocycles. The van der Waals surface area contributed by atoms with Crippen LogP contribution in [0.5, 0.6) is 0 Å². The molecule has 1 saturated heterocycles. The van der Waals surface area contributed by atoms with Crippen molar-refractivity contribution in [2.45, 2.75) is 6.42 Å². The standard InChI is InChI=1S/C12H12FNO4/c13-10-2-1-8(4-9(10)12(17)18)14-5-7(6-15)3-11(14)16/h1-2,4,7,15H,3,5-6H2,(H,17,18). The Morgan fingerprint density at radius 1 is 1.50 bits per heavy atom. The van der Waals surface area contributed by atoms with Gasteiger partial charge in [-0.2, -0.15) is 0 Å². The van der Waals surface area contributed by atoms with Crippen molar-refractivity contribution in [2.75, 3.05) is 18.1 Å². The number of amides is 1. The number of hydrogen-bond donors (Lipinski definition) is 2. The van der Waals surface area contributed by atoms with E-state index in [2.05, 4.69) is 0 Å². The van der Waals surface area contributed by atoms with Gasteiger partial charge in [0.25, 0.3) is 0 Å². The molecule has 1 amide bonds. The number of carboxylic acids is 1. The molecule has 1 heterocycles. The Hall–Kier alpha value is -1.95. The summed E-state index contributed by atoms with van der Waals surface area (Å²) in [5.74, 6) is -2.57. The molecular formula is C12H12FNO4. The van der Waals surface area contributed by atoms with E-state index in [-0.39, 0.29) is 24.9 Å². The fourth-order valence-electron chi connectivity index (χ4n) is 2.00. The average Bonchev–Trinajstić information content (AvgIpc) is 2.71. The van der Waals surface area contributed by atoms with Crippen LogP contribution in [0, 0.1) is 11.7 Å². The van der Waals surface area contributed by atoms with Crippen LogP contribution in [0.2, 0.25) is 0 Å². The van der Waals surface area contributed by atoms with Crippen LogP contribution in [-0.2, 0) is 4.79 Å². The molecule has 1 aliphatic heterocycles. The van der Waals surface area contributed by atoms with Gasteiger partial charge in [-0.25, -0.2) is 9.18 Å². The van der Waals surface area contributed by atoms with Crippen molar-refractivity contribution in [3.63, 3.8) is 0 Å². The van der Waals surface area contributed by atoms with Crippen LogP contribution in [0.1, 0.15) is 16.8 Å². The third-order valence-electron chi connectivity index (χ3n) is 2.96. The van der Waals surface area contributed by atoms with Crippen LogP contribution >= 0.6 is 0 Å². The normalized spacial score (nSPS) is 19.3. The van der Waals surface area contributed by atoms with Crippen molar-refractivity contribution in [3.8, 4) is 0 Å². The molecular weight excluding hydrogens is 241 g/mol. The van der Waals surface area contributed by atoms with E-state index >= 15 is 0 Å². The van der Waals surface area contributed by atoms with E-state index < -0.39 is 17.3 Å². The second-order valence-electron chi connectivity index (χ2n) is 4.23. The van der Waals surface area contributed by atoms with E-state index in [9.17, 15) is 14.0 Å². The van der Waals surface area contributed by atoms with Gasteiger partial charge in [-0.05, 0) is 18.2 Å². The molecule has 5 nitrogen and oxygen atoms in total. The highest BCUT2D eigenvalue weighted by Crippen LogP contribution is 2.26. The molecule has 0 aromatic heterocycles. The zero-order chi connectivity index (χ0) is 13.3. The van der Waals surface area contributed by atoms with Gasteiger partial charge in [0, 0.05) is 31.2 Å². The number of carbonyl (C=O) groups excluding carboxylic acids is 1. The van der Waals surface area contributed by atoms with Crippen LogP contribution in [0.3, 0.4) is 0 Å². The van der Waals surface area contributed by atoms with Gasteiger partial charge in [0.05, 0.1) is 5.56 Å². The fraction of sp³-hybridized carbons (Fsp3) is 0.333. The zero-order valence-corrected chi connectivity index (χ0v) is 9.47. The predicted octanol–water partition coefficient (Wildman–Crippen LogP) is 0.869. The molecule has 0 spiro atoms. The molecule has 1 aliphatic rings. The van der Waals surface area contributed by atoms with E-state index in [0.29, 0.717) is 12.2 Å². The lowest BCUT2D eigenvalue weighted by Crippen LogP contribution is -2.25. The minimum atomic E-state index is -1.38. The van der Waals surface area contributed by atoms with E-state index in [4.69, 9.17) is 10.2 Å². The van der Waals surface area contributed by atoms with Crippen LogP contribution in [0.25, 0.3) is 0 Å². The highest BCUT2D eigenvalue weighted by Gasteiger charge is 2.30. The number of aliphatic hydroxyl groups excluding tert-OH is 1. The van der Waals surface area contributed by atoms with Crippen molar-refractivity contribution in [1.29, 1.82) is 0 Å². The van der Waals surface area contributed by atoms with E-state index in [0.717, 1.165) is 12.1 Å². The van der Waals surface area contributed by atoms with E-state index in [1.165, 1.54) is 11.0 Å². The Labute approximate surface area is 102 Å². The molecule has 2 rings (SSSR count). The average molecular weight is 253 g/mol. The summed E-state index contributed by atoms with van der Waals surface area (Å²) in [5.41, 5.74) is -0.123. The maximum Gasteiger partial charge on any atom is 0.338 e. The Balaban J connectivity index is 2.32. The van der Waals surface area contributed by atoms with Gasteiger partial charge in [-0.3, -0.25) is 4.79 Å². The van der Waals surface area contributed by atoms with Gasteiger partial charge in [-0.15, -0.1) is 0 Å². The van der Waals surface area contributed by atoms with E-state index in [1.54, 1.807) is 0 Å². The summed E-state index contributed by atoms with van der Waals surface area (Å²) in [7, 11) is 0. The third kappa shape index (κ3) is 2.19. The fourth-order valence-corrected chi connectivity index (χ4v) is 2.00.